The number of alkyl carbamates (subject to hydrolysis) is 1. The largest absolute Gasteiger partial charge is 0.798 e. The van der Waals surface area contributed by atoms with E-state index >= 15 is 4.39 Å². The van der Waals surface area contributed by atoms with Crippen LogP contribution in [0.4, 0.5) is 49.8 Å². The molecule has 4 aromatic rings. The van der Waals surface area contributed by atoms with E-state index in [1.54, 1.807) is 32.6 Å². The Bertz CT molecular complexity index is 2850. The zero-order valence-electron chi connectivity index (χ0n) is 39.4. The number of rotatable bonds is 11. The number of halogens is 9. The monoisotopic (exact) mass is 1020 g/mol. The molecule has 16 nitrogen and oxygen atoms in total. The Morgan fingerprint density at radius 1 is 0.873 bits per heavy atom. The predicted octanol–water partition coefficient (Wildman–Crippen LogP) is 6.36. The molecule has 2 aliphatic carbocycles. The third-order valence-corrected chi connectivity index (χ3v) is 12.8. The third-order valence-electron chi connectivity index (χ3n) is 12.8. The zero-order chi connectivity index (χ0) is 52.8. The molecule has 2 aromatic heterocycles. The van der Waals surface area contributed by atoms with Gasteiger partial charge in [-0.25, -0.2) is 49.4 Å². The number of pyridine rings is 2. The van der Waals surface area contributed by atoms with Gasteiger partial charge in [0.2, 0.25) is 16.7 Å². The second-order valence-corrected chi connectivity index (χ2v) is 19.0. The maximum atomic E-state index is 15.2. The number of carboxylic acid groups (broad SMARTS) is 1. The summed E-state index contributed by atoms with van der Waals surface area (Å²) in [7, 11) is -1.18. The van der Waals surface area contributed by atoms with E-state index in [1.165, 1.54) is 11.7 Å². The summed E-state index contributed by atoms with van der Waals surface area (Å²) < 4.78 is 143. The highest BCUT2D eigenvalue weighted by Gasteiger charge is 2.46. The molecule has 0 radical (unpaired) electrons. The number of carboxylic acids is 1. The van der Waals surface area contributed by atoms with Gasteiger partial charge in [0, 0.05) is 51.4 Å². The minimum absolute atomic E-state index is 0.00934. The van der Waals surface area contributed by atoms with Crippen molar-refractivity contribution in [2.45, 2.75) is 88.6 Å². The molecule has 1 amide bonds. The number of anilines is 1. The van der Waals surface area contributed by atoms with Crippen molar-refractivity contribution >= 4 is 53.0 Å². The van der Waals surface area contributed by atoms with Crippen molar-refractivity contribution in [3.63, 3.8) is 0 Å². The van der Waals surface area contributed by atoms with E-state index in [-0.39, 0.29) is 65.6 Å². The van der Waals surface area contributed by atoms with Gasteiger partial charge >= 0.3 is 25.5 Å². The summed E-state index contributed by atoms with van der Waals surface area (Å²) in [5, 5.41) is 14.4. The van der Waals surface area contributed by atoms with Gasteiger partial charge in [-0.05, 0) is 44.7 Å². The molecular formula is C45H52BF9N6O10. The highest BCUT2D eigenvalue weighted by Crippen LogP contribution is 2.47. The highest BCUT2D eigenvalue weighted by atomic mass is 19.2. The molecule has 8 atom stereocenters. The summed E-state index contributed by atoms with van der Waals surface area (Å²) in [4.78, 5) is 61.4. The van der Waals surface area contributed by atoms with Crippen LogP contribution in [0.5, 0.6) is 11.5 Å². The van der Waals surface area contributed by atoms with Gasteiger partial charge < -0.3 is 54.4 Å². The summed E-state index contributed by atoms with van der Waals surface area (Å²) in [6.07, 6.45) is -1.14. The number of carbonyl (C=O) groups excluding carboxylic acids is 2. The van der Waals surface area contributed by atoms with Crippen LogP contribution in [0.25, 0.3) is 21.8 Å². The fourth-order valence-electron chi connectivity index (χ4n) is 8.59. The quantitative estimate of drug-likeness (QED) is 0.0955. The van der Waals surface area contributed by atoms with E-state index in [9.17, 15) is 64.1 Å². The van der Waals surface area contributed by atoms with E-state index in [0.29, 0.717) is 19.2 Å². The summed E-state index contributed by atoms with van der Waals surface area (Å²) in [6.45, 7) is 9.09. The molecule has 2 aliphatic heterocycles. The van der Waals surface area contributed by atoms with Crippen molar-refractivity contribution in [3.05, 3.63) is 73.6 Å². The van der Waals surface area contributed by atoms with Gasteiger partial charge in [-0.1, -0.05) is 13.8 Å². The van der Waals surface area contributed by atoms with Crippen LogP contribution in [-0.2, 0) is 9.39 Å². The molecule has 0 bridgehead atoms. The third kappa shape index (κ3) is 10.9. The van der Waals surface area contributed by atoms with Crippen LogP contribution in [0.15, 0.2) is 34.1 Å². The predicted molar refractivity (Wildman–Crippen MR) is 241 cm³/mol. The van der Waals surface area contributed by atoms with Crippen LogP contribution in [0, 0.1) is 29.3 Å². The maximum Gasteiger partial charge on any atom is 0.798 e. The number of fused-ring (bicyclic) bond motifs is 2. The SMILES string of the molecule is CC1CNC[C@@]1(CF)NC(=O)OC(C)(C)C.COc1c(F)c(F)cc2c(=O)c(C(=O)OB(F)F)cn([C@@H]3C[C@@H]3F)c12.COc1c(N2CC(C)[C@@](N)(CF)C2)c(F)cc2c(=O)c(C(=O)O)cn([C@@H]3C[C@@H]3F)c12. The maximum absolute atomic E-state index is 15.2. The Labute approximate surface area is 399 Å². The molecule has 26 heteroatoms. The van der Waals surface area contributed by atoms with Crippen molar-refractivity contribution in [1.82, 2.24) is 19.8 Å². The lowest BCUT2D eigenvalue weighted by Crippen LogP contribution is -2.56. The molecule has 8 rings (SSSR count). The van der Waals surface area contributed by atoms with Gasteiger partial charge in [0.05, 0.1) is 59.2 Å². The number of nitrogens with two attached hydrogens (primary N) is 1. The Balaban J connectivity index is 0.000000183. The number of carbonyl (C=O) groups is 3. The molecule has 2 saturated carbocycles. The van der Waals surface area contributed by atoms with Crippen molar-refractivity contribution in [2.75, 3.05) is 58.6 Å². The molecule has 2 aromatic carbocycles. The molecule has 4 aliphatic rings. The summed E-state index contributed by atoms with van der Waals surface area (Å²) in [6, 6.07) is -0.124. The minimum Gasteiger partial charge on any atom is -0.492 e. The first-order valence-electron chi connectivity index (χ1n) is 22.1. The first-order chi connectivity index (χ1) is 33.2. The topological polar surface area (TPSA) is 206 Å². The van der Waals surface area contributed by atoms with Crippen LogP contribution >= 0.6 is 0 Å². The van der Waals surface area contributed by atoms with E-state index in [0.717, 1.165) is 30.1 Å². The Morgan fingerprint density at radius 3 is 1.83 bits per heavy atom. The van der Waals surface area contributed by atoms with E-state index in [4.69, 9.17) is 19.9 Å². The average Bonchev–Trinajstić information content (AvgIpc) is 4.14. The van der Waals surface area contributed by atoms with Crippen molar-refractivity contribution in [1.29, 1.82) is 0 Å². The lowest BCUT2D eigenvalue weighted by Gasteiger charge is -2.32. The number of nitrogens with zero attached hydrogens (tertiary/aromatic N) is 3. The van der Waals surface area contributed by atoms with E-state index in [1.807, 2.05) is 6.92 Å². The average molecular weight is 1020 g/mol. The van der Waals surface area contributed by atoms with Gasteiger partial charge in [-0.15, -0.1) is 0 Å². The second kappa shape index (κ2) is 20.5. The Kier molecular flexibility index (Phi) is 15.6. The van der Waals surface area contributed by atoms with Crippen molar-refractivity contribution < 1.29 is 77.7 Å². The Morgan fingerprint density at radius 2 is 1.39 bits per heavy atom. The number of hydrogen-bond donors (Lipinski definition) is 4. The summed E-state index contributed by atoms with van der Waals surface area (Å²) in [5.74, 6) is -7.72. The second-order valence-electron chi connectivity index (χ2n) is 19.0. The lowest BCUT2D eigenvalue weighted by molar-refractivity contribution is 0.0417. The van der Waals surface area contributed by atoms with Crippen LogP contribution in [0.2, 0.25) is 0 Å². The lowest BCUT2D eigenvalue weighted by atomic mass is 9.90. The van der Waals surface area contributed by atoms with Gasteiger partial charge in [-0.2, -0.15) is 4.39 Å². The minimum atomic E-state index is -3.48. The number of benzene rings is 2. The number of methoxy groups -OCH3 is 2. The fourth-order valence-corrected chi connectivity index (χ4v) is 8.59. The molecule has 0 spiro atoms. The first-order valence-corrected chi connectivity index (χ1v) is 22.1. The van der Waals surface area contributed by atoms with Crippen molar-refractivity contribution in [3.8, 4) is 11.5 Å². The molecule has 2 unspecified atom stereocenters. The standard InChI is InChI=1S/C20H22F3N3O4.C14H9BF5NO4.C11H21FN2O2/c1-9-5-25(8-20(9,24)7-21)16-13(23)3-10-15(18(16)30-2)26(14-4-12(14)22)6-11(17(10)27)19(28)29;1-24-13-10(18)8(17)2-5-11(13)21(9-3-7(9)16)4-6(12(5)22)14(23)25-15(19)20;1-8-5-13-7-11(8,6-12)14-9(15)16-10(2,3)4/h3,6,9,12,14H,4-5,7-8,24H2,1-2H3,(H,28,29);2,4,7,9H,3H2,1H3;8,13H,5-7H2,1-4H3,(H,14,15)/t9?,12-,14+,20+;7-,9+;8?,11-/m001/s1. The van der Waals surface area contributed by atoms with Crippen LogP contribution in [0.1, 0.15) is 80.3 Å². The van der Waals surface area contributed by atoms with Gasteiger partial charge in [0.1, 0.15) is 48.1 Å². The number of amides is 1. The molecule has 4 heterocycles. The molecule has 4 fully saturated rings. The van der Waals surface area contributed by atoms with Gasteiger partial charge in [0.15, 0.2) is 23.1 Å². The molecular weight excluding hydrogens is 966 g/mol. The van der Waals surface area contributed by atoms with Crippen LogP contribution in [-0.4, -0.2) is 123 Å². The van der Waals surface area contributed by atoms with Crippen molar-refractivity contribution in [2.24, 2.45) is 17.6 Å². The number of hydrogen-bond acceptors (Lipinski definition) is 12. The zero-order valence-corrected chi connectivity index (χ0v) is 39.4. The molecule has 388 valence electrons. The molecule has 2 saturated heterocycles. The highest BCUT2D eigenvalue weighted by molar-refractivity contribution is 6.38. The number of nitrogens with one attached hydrogen (secondary N) is 2. The van der Waals surface area contributed by atoms with Gasteiger partial charge in [-0.3, -0.25) is 9.59 Å². The number of aromatic carboxylic acids is 1. The van der Waals surface area contributed by atoms with E-state index in [2.05, 4.69) is 15.3 Å². The first kappa shape index (κ1) is 54.2. The number of alkyl halides is 4. The van der Waals surface area contributed by atoms with Crippen LogP contribution in [0.3, 0.4) is 0 Å². The normalized spacial score (nSPS) is 25.4. The summed E-state index contributed by atoms with van der Waals surface area (Å²) >= 11 is 0. The number of aromatic nitrogens is 2. The molecule has 71 heavy (non-hydrogen) atoms. The smallest absolute Gasteiger partial charge is 0.492 e. The van der Waals surface area contributed by atoms with Crippen LogP contribution < -0.4 is 41.6 Å². The number of ether oxygens (including phenoxy) is 3. The van der Waals surface area contributed by atoms with Gasteiger partial charge in [0.25, 0.3) is 0 Å². The molecule has 5 N–H and O–H groups in total. The Hall–Kier alpha value is -6.18. The van der Waals surface area contributed by atoms with E-state index < -0.39 is 131 Å². The fraction of sp³-hybridized carbons (Fsp3) is 0.533. The summed E-state index contributed by atoms with van der Waals surface area (Å²) in [5.41, 5.74) is -0.0772.